The SMILES string of the molecule is CC(C)(C)c1ccc(-c2ccc3c(c2)CC(C)(C)C3NC(=O)O)cc1. The lowest BCUT2D eigenvalue weighted by Gasteiger charge is -2.27. The lowest BCUT2D eigenvalue weighted by molar-refractivity contribution is 0.175. The van der Waals surface area contributed by atoms with Gasteiger partial charge in [0.15, 0.2) is 0 Å². The Balaban J connectivity index is 1.94. The van der Waals surface area contributed by atoms with Gasteiger partial charge in [0.05, 0.1) is 6.04 Å². The molecule has 3 rings (SSSR count). The Morgan fingerprint density at radius 2 is 1.68 bits per heavy atom. The van der Waals surface area contributed by atoms with Crippen molar-refractivity contribution in [1.29, 1.82) is 0 Å². The minimum absolute atomic E-state index is 0.116. The number of fused-ring (bicyclic) bond motifs is 1. The Bertz CT molecular complexity index is 798. The molecule has 0 saturated carbocycles. The van der Waals surface area contributed by atoms with Gasteiger partial charge in [-0.3, -0.25) is 0 Å². The van der Waals surface area contributed by atoms with E-state index in [-0.39, 0.29) is 16.9 Å². The first-order valence-corrected chi connectivity index (χ1v) is 8.81. The summed E-state index contributed by atoms with van der Waals surface area (Å²) < 4.78 is 0. The zero-order chi connectivity index (χ0) is 18.4. The van der Waals surface area contributed by atoms with E-state index in [1.54, 1.807) is 0 Å². The standard InChI is InChI=1S/C22H27NO2/c1-21(2,3)17-9-6-14(7-10-17)15-8-11-18-16(12-15)13-22(4,5)19(18)23-20(24)25/h6-12,19,23H,13H2,1-5H3,(H,24,25). The van der Waals surface area contributed by atoms with Crippen LogP contribution in [0.4, 0.5) is 4.79 Å². The van der Waals surface area contributed by atoms with Crippen LogP contribution in [-0.2, 0) is 11.8 Å². The lowest BCUT2D eigenvalue weighted by Crippen LogP contribution is -2.34. The average Bonchev–Trinajstić information content (AvgIpc) is 2.76. The molecule has 3 heteroatoms. The topological polar surface area (TPSA) is 49.3 Å². The average molecular weight is 337 g/mol. The van der Waals surface area contributed by atoms with Crippen LogP contribution in [0.5, 0.6) is 0 Å². The maximum atomic E-state index is 11.1. The summed E-state index contributed by atoms with van der Waals surface area (Å²) >= 11 is 0. The molecule has 25 heavy (non-hydrogen) atoms. The Labute approximate surface area is 150 Å². The molecule has 1 unspecified atom stereocenters. The minimum atomic E-state index is -0.965. The molecule has 1 aliphatic rings. The molecule has 2 aromatic rings. The maximum Gasteiger partial charge on any atom is 0.405 e. The molecule has 0 saturated heterocycles. The van der Waals surface area contributed by atoms with Crippen LogP contribution in [0.2, 0.25) is 0 Å². The lowest BCUT2D eigenvalue weighted by atomic mass is 9.85. The van der Waals surface area contributed by atoms with Crippen LogP contribution in [0.1, 0.15) is 57.4 Å². The smallest absolute Gasteiger partial charge is 0.405 e. The molecule has 2 N–H and O–H groups in total. The van der Waals surface area contributed by atoms with E-state index in [0.29, 0.717) is 0 Å². The highest BCUT2D eigenvalue weighted by Crippen LogP contribution is 2.46. The summed E-state index contributed by atoms with van der Waals surface area (Å²) in [6.45, 7) is 10.9. The van der Waals surface area contributed by atoms with E-state index in [0.717, 1.165) is 12.0 Å². The van der Waals surface area contributed by atoms with Crippen LogP contribution < -0.4 is 5.32 Å². The fraction of sp³-hybridized carbons (Fsp3) is 0.409. The summed E-state index contributed by atoms with van der Waals surface area (Å²) in [6, 6.07) is 15.0. The van der Waals surface area contributed by atoms with Gasteiger partial charge in [-0.15, -0.1) is 0 Å². The van der Waals surface area contributed by atoms with E-state index >= 15 is 0 Å². The normalized spacial score (nSPS) is 18.7. The number of benzene rings is 2. The van der Waals surface area contributed by atoms with Gasteiger partial charge >= 0.3 is 6.09 Å². The van der Waals surface area contributed by atoms with E-state index in [4.69, 9.17) is 5.11 Å². The Kier molecular flexibility index (Phi) is 4.14. The van der Waals surface area contributed by atoms with Crippen molar-refractivity contribution in [3.63, 3.8) is 0 Å². The molecule has 0 fully saturated rings. The minimum Gasteiger partial charge on any atom is -0.465 e. The van der Waals surface area contributed by atoms with Crippen molar-refractivity contribution >= 4 is 6.09 Å². The molecule has 0 spiro atoms. The molecular weight excluding hydrogens is 310 g/mol. The molecule has 3 nitrogen and oxygen atoms in total. The zero-order valence-corrected chi connectivity index (χ0v) is 15.7. The third-order valence-electron chi connectivity index (χ3n) is 5.23. The second-order valence-corrected chi connectivity index (χ2v) is 8.79. The van der Waals surface area contributed by atoms with Crippen LogP contribution in [0, 0.1) is 5.41 Å². The van der Waals surface area contributed by atoms with E-state index < -0.39 is 6.09 Å². The molecule has 0 aliphatic heterocycles. The summed E-state index contributed by atoms with van der Waals surface area (Å²) in [6.07, 6.45) is -0.0888. The molecule has 1 atom stereocenters. The Morgan fingerprint density at radius 1 is 1.08 bits per heavy atom. The highest BCUT2D eigenvalue weighted by molar-refractivity contribution is 5.68. The molecule has 0 aromatic heterocycles. The third kappa shape index (κ3) is 3.41. The largest absolute Gasteiger partial charge is 0.465 e. The maximum absolute atomic E-state index is 11.1. The second-order valence-electron chi connectivity index (χ2n) is 8.79. The quantitative estimate of drug-likeness (QED) is 0.755. The van der Waals surface area contributed by atoms with Crippen LogP contribution >= 0.6 is 0 Å². The summed E-state index contributed by atoms with van der Waals surface area (Å²) in [4.78, 5) is 11.1. The van der Waals surface area contributed by atoms with Crippen LogP contribution in [0.3, 0.4) is 0 Å². The number of nitrogens with one attached hydrogen (secondary N) is 1. The number of carboxylic acid groups (broad SMARTS) is 1. The van der Waals surface area contributed by atoms with Crippen molar-refractivity contribution in [2.24, 2.45) is 5.41 Å². The van der Waals surface area contributed by atoms with Crippen molar-refractivity contribution in [3.8, 4) is 11.1 Å². The molecule has 132 valence electrons. The first-order chi connectivity index (χ1) is 11.6. The highest BCUT2D eigenvalue weighted by Gasteiger charge is 2.39. The predicted molar refractivity (Wildman–Crippen MR) is 102 cm³/mol. The number of hydrogen-bond acceptors (Lipinski definition) is 1. The van der Waals surface area contributed by atoms with Gasteiger partial charge < -0.3 is 10.4 Å². The van der Waals surface area contributed by atoms with E-state index in [2.05, 4.69) is 82.4 Å². The first kappa shape index (κ1) is 17.5. The molecule has 1 aliphatic carbocycles. The fourth-order valence-electron chi connectivity index (χ4n) is 3.79. The monoisotopic (exact) mass is 337 g/mol. The molecule has 0 heterocycles. The van der Waals surface area contributed by atoms with Gasteiger partial charge in [0.2, 0.25) is 0 Å². The number of rotatable bonds is 2. The van der Waals surface area contributed by atoms with Crippen molar-refractivity contribution in [1.82, 2.24) is 5.32 Å². The van der Waals surface area contributed by atoms with Gasteiger partial charge in [0, 0.05) is 0 Å². The van der Waals surface area contributed by atoms with Crippen molar-refractivity contribution < 1.29 is 9.90 Å². The third-order valence-corrected chi connectivity index (χ3v) is 5.23. The summed E-state index contributed by atoms with van der Waals surface area (Å²) in [5.41, 5.74) is 6.08. The van der Waals surface area contributed by atoms with Crippen LogP contribution in [0.25, 0.3) is 11.1 Å². The van der Waals surface area contributed by atoms with Crippen LogP contribution in [0.15, 0.2) is 42.5 Å². The fourth-order valence-corrected chi connectivity index (χ4v) is 3.79. The van der Waals surface area contributed by atoms with Crippen molar-refractivity contribution in [2.75, 3.05) is 0 Å². The Hall–Kier alpha value is -2.29. The second kappa shape index (κ2) is 5.91. The van der Waals surface area contributed by atoms with Gasteiger partial charge in [0.1, 0.15) is 0 Å². The first-order valence-electron chi connectivity index (χ1n) is 8.81. The van der Waals surface area contributed by atoms with Gasteiger partial charge in [-0.25, -0.2) is 4.79 Å². The molecule has 0 bridgehead atoms. The van der Waals surface area contributed by atoms with E-state index in [1.807, 2.05) is 0 Å². The molecular formula is C22H27NO2. The van der Waals surface area contributed by atoms with Crippen LogP contribution in [-0.4, -0.2) is 11.2 Å². The number of carbonyl (C=O) groups is 1. The van der Waals surface area contributed by atoms with Gasteiger partial charge in [-0.05, 0) is 45.1 Å². The highest BCUT2D eigenvalue weighted by atomic mass is 16.4. The number of amides is 1. The molecule has 0 radical (unpaired) electrons. The molecule has 1 amide bonds. The van der Waals surface area contributed by atoms with Gasteiger partial charge in [0.25, 0.3) is 0 Å². The van der Waals surface area contributed by atoms with E-state index in [9.17, 15) is 4.79 Å². The summed E-state index contributed by atoms with van der Waals surface area (Å²) in [5.74, 6) is 0. The van der Waals surface area contributed by atoms with Gasteiger partial charge in [-0.2, -0.15) is 0 Å². The summed E-state index contributed by atoms with van der Waals surface area (Å²) in [7, 11) is 0. The molecule has 2 aromatic carbocycles. The van der Waals surface area contributed by atoms with Crippen molar-refractivity contribution in [3.05, 3.63) is 59.2 Å². The van der Waals surface area contributed by atoms with E-state index in [1.165, 1.54) is 22.3 Å². The zero-order valence-electron chi connectivity index (χ0n) is 15.7. The van der Waals surface area contributed by atoms with Gasteiger partial charge in [-0.1, -0.05) is 77.1 Å². The number of hydrogen-bond donors (Lipinski definition) is 2. The van der Waals surface area contributed by atoms with Crippen molar-refractivity contribution in [2.45, 2.75) is 52.5 Å². The Morgan fingerprint density at radius 3 is 2.24 bits per heavy atom. The predicted octanol–water partition coefficient (Wildman–Crippen LogP) is 5.54. The summed E-state index contributed by atoms with van der Waals surface area (Å²) in [5, 5.41) is 11.8.